The number of hydrogen-bond acceptors (Lipinski definition) is 14. The Balaban J connectivity index is 4.57. The average Bonchev–Trinajstić information content (AvgIpc) is 2.88. The molecule has 10 N–H and O–H groups in total. The average molecular weight is 553 g/mol. The number of esters is 2. The maximum absolute atomic E-state index is 11.9. The van der Waals surface area contributed by atoms with E-state index in [2.05, 4.69) is 22.6 Å². The molecular weight excluding hydrogens is 516 g/mol. The second-order valence-corrected chi connectivity index (χ2v) is 8.41. The third-order valence-corrected chi connectivity index (χ3v) is 4.89. The highest BCUT2D eigenvalue weighted by Crippen LogP contribution is 2.08. The molecule has 0 saturated carbocycles. The van der Waals surface area contributed by atoms with Crippen LogP contribution in [-0.2, 0) is 28.7 Å². The van der Waals surface area contributed by atoms with Crippen molar-refractivity contribution >= 4 is 23.8 Å². The second-order valence-electron chi connectivity index (χ2n) is 8.41. The molecule has 0 aliphatic carbocycles. The van der Waals surface area contributed by atoms with Crippen LogP contribution in [0.2, 0.25) is 0 Å². The number of nitrogens with one attached hydrogen (secondary N) is 2. The van der Waals surface area contributed by atoms with Crippen LogP contribution in [0.3, 0.4) is 0 Å². The molecule has 0 aliphatic rings. The lowest BCUT2D eigenvalue weighted by Crippen LogP contribution is -2.53. The monoisotopic (exact) mass is 552 g/mol. The standard InChI is InChI=1S/C22H36N2O14/c1-9(2)21(35)37-7-13(27)17(31)15(29)11(25)5-23-19(33)20(34)24-6-12(26)16(30)18(32)14(28)8-38-22(36)10(3)4/h11-18,25-32H,1,3,5-8H2,2,4H3,(H,23,33)(H,24,34). The van der Waals surface area contributed by atoms with Crippen LogP contribution in [0, 0.1) is 0 Å². The van der Waals surface area contributed by atoms with Gasteiger partial charge in [-0.05, 0) is 13.8 Å². The molecule has 218 valence electrons. The number of aliphatic hydroxyl groups is 8. The molecule has 8 unspecified atom stereocenters. The van der Waals surface area contributed by atoms with Crippen LogP contribution in [0.5, 0.6) is 0 Å². The van der Waals surface area contributed by atoms with E-state index in [1.165, 1.54) is 13.8 Å². The van der Waals surface area contributed by atoms with Crippen molar-refractivity contribution in [3.8, 4) is 0 Å². The predicted octanol–water partition coefficient (Wildman–Crippen LogP) is -5.66. The Morgan fingerprint density at radius 1 is 0.579 bits per heavy atom. The van der Waals surface area contributed by atoms with E-state index in [0.29, 0.717) is 0 Å². The van der Waals surface area contributed by atoms with Crippen molar-refractivity contribution in [2.45, 2.75) is 62.7 Å². The lowest BCUT2D eigenvalue weighted by molar-refractivity contribution is -0.152. The first-order valence-corrected chi connectivity index (χ1v) is 11.2. The summed E-state index contributed by atoms with van der Waals surface area (Å²) in [6.07, 6.45) is -15.4. The molecule has 0 heterocycles. The third kappa shape index (κ3) is 12.1. The normalized spacial score (nSPS) is 17.4. The van der Waals surface area contributed by atoms with Gasteiger partial charge in [0.15, 0.2) is 0 Å². The van der Waals surface area contributed by atoms with E-state index >= 15 is 0 Å². The highest BCUT2D eigenvalue weighted by molar-refractivity contribution is 6.35. The van der Waals surface area contributed by atoms with Gasteiger partial charge in [0.1, 0.15) is 49.8 Å². The molecule has 0 saturated heterocycles. The summed E-state index contributed by atoms with van der Waals surface area (Å²) in [5.41, 5.74) is 0.0383. The van der Waals surface area contributed by atoms with Gasteiger partial charge in [-0.1, -0.05) is 13.2 Å². The van der Waals surface area contributed by atoms with Crippen molar-refractivity contribution in [2.24, 2.45) is 0 Å². The smallest absolute Gasteiger partial charge is 0.333 e. The number of aliphatic hydroxyl groups excluding tert-OH is 8. The fourth-order valence-electron chi connectivity index (χ4n) is 2.47. The topological polar surface area (TPSA) is 273 Å². The molecule has 0 radical (unpaired) electrons. The van der Waals surface area contributed by atoms with Gasteiger partial charge in [0, 0.05) is 24.2 Å². The molecule has 16 nitrogen and oxygen atoms in total. The maximum Gasteiger partial charge on any atom is 0.333 e. The van der Waals surface area contributed by atoms with E-state index in [1.54, 1.807) is 0 Å². The Morgan fingerprint density at radius 2 is 0.842 bits per heavy atom. The molecule has 0 fully saturated rings. The molecule has 2 amide bonds. The van der Waals surface area contributed by atoms with Gasteiger partial charge in [-0.25, -0.2) is 9.59 Å². The van der Waals surface area contributed by atoms with E-state index in [9.17, 15) is 60.0 Å². The second kappa shape index (κ2) is 16.8. The first-order chi connectivity index (χ1) is 17.5. The minimum atomic E-state index is -2.03. The molecule has 0 aromatic rings. The number of ether oxygens (including phenoxy) is 2. The molecule has 38 heavy (non-hydrogen) atoms. The van der Waals surface area contributed by atoms with Gasteiger partial charge in [0.25, 0.3) is 0 Å². The zero-order valence-electron chi connectivity index (χ0n) is 20.9. The van der Waals surface area contributed by atoms with E-state index < -0.39 is 98.9 Å². The number of carbonyl (C=O) groups is 4. The molecule has 0 spiro atoms. The number of carbonyl (C=O) groups excluding carboxylic acids is 4. The molecule has 16 heteroatoms. The third-order valence-electron chi connectivity index (χ3n) is 4.89. The van der Waals surface area contributed by atoms with Crippen molar-refractivity contribution in [3.63, 3.8) is 0 Å². The Labute approximate surface area is 217 Å². The van der Waals surface area contributed by atoms with Gasteiger partial charge in [-0.3, -0.25) is 9.59 Å². The zero-order chi connectivity index (χ0) is 29.7. The summed E-state index contributed by atoms with van der Waals surface area (Å²) in [4.78, 5) is 46.3. The lowest BCUT2D eigenvalue weighted by atomic mass is 10.0. The molecule has 8 atom stereocenters. The van der Waals surface area contributed by atoms with E-state index in [4.69, 9.17) is 0 Å². The predicted molar refractivity (Wildman–Crippen MR) is 126 cm³/mol. The molecule has 0 aliphatic heterocycles. The molecular formula is C22H36N2O14. The highest BCUT2D eigenvalue weighted by Gasteiger charge is 2.33. The van der Waals surface area contributed by atoms with Gasteiger partial charge in [-0.2, -0.15) is 0 Å². The van der Waals surface area contributed by atoms with E-state index in [-0.39, 0.29) is 11.1 Å². The van der Waals surface area contributed by atoms with E-state index in [1.807, 2.05) is 10.6 Å². The Hall–Kier alpha value is -2.96. The van der Waals surface area contributed by atoms with Gasteiger partial charge in [0.2, 0.25) is 0 Å². The van der Waals surface area contributed by atoms with Crippen molar-refractivity contribution in [3.05, 3.63) is 24.3 Å². The van der Waals surface area contributed by atoms with Crippen molar-refractivity contribution in [2.75, 3.05) is 26.3 Å². The quantitative estimate of drug-likeness (QED) is 0.0486. The van der Waals surface area contributed by atoms with Crippen LogP contribution >= 0.6 is 0 Å². The minimum absolute atomic E-state index is 0.0191. The Morgan fingerprint density at radius 3 is 1.11 bits per heavy atom. The number of hydrogen-bond donors (Lipinski definition) is 10. The first kappa shape index (κ1) is 35.0. The van der Waals surface area contributed by atoms with Crippen LogP contribution in [-0.4, -0.2) is 140 Å². The Bertz CT molecular complexity index is 782. The van der Waals surface area contributed by atoms with Crippen LogP contribution < -0.4 is 10.6 Å². The van der Waals surface area contributed by atoms with Gasteiger partial charge >= 0.3 is 23.8 Å². The maximum atomic E-state index is 11.9. The zero-order valence-corrected chi connectivity index (χ0v) is 20.9. The number of rotatable bonds is 16. The summed E-state index contributed by atoms with van der Waals surface area (Å²) in [6, 6.07) is 0. The SMILES string of the molecule is C=C(C)C(=O)OCC(O)C(O)C(O)C(O)CNC(=O)C(=O)NCC(O)C(O)C(O)C(O)COC(=O)C(=C)C. The molecule has 0 rings (SSSR count). The highest BCUT2D eigenvalue weighted by atomic mass is 16.5. The minimum Gasteiger partial charge on any atom is -0.459 e. The van der Waals surface area contributed by atoms with Crippen molar-refractivity contribution in [1.29, 1.82) is 0 Å². The summed E-state index contributed by atoms with van der Waals surface area (Å²) in [7, 11) is 0. The van der Waals surface area contributed by atoms with Crippen LogP contribution in [0.15, 0.2) is 24.3 Å². The van der Waals surface area contributed by atoms with Gasteiger partial charge in [0.05, 0.1) is 12.2 Å². The summed E-state index contributed by atoms with van der Waals surface area (Å²) in [5, 5.41) is 82.7. The van der Waals surface area contributed by atoms with Crippen LogP contribution in [0.1, 0.15) is 13.8 Å². The van der Waals surface area contributed by atoms with E-state index in [0.717, 1.165) is 0 Å². The molecule has 0 aromatic heterocycles. The summed E-state index contributed by atoms with van der Waals surface area (Å²) in [5.74, 6) is -4.46. The fraction of sp³-hybridized carbons (Fsp3) is 0.636. The summed E-state index contributed by atoms with van der Waals surface area (Å²) >= 11 is 0. The van der Waals surface area contributed by atoms with Crippen molar-refractivity contribution < 1.29 is 69.5 Å². The lowest BCUT2D eigenvalue weighted by Gasteiger charge is -2.27. The Kier molecular flexibility index (Phi) is 15.5. The number of amides is 2. The van der Waals surface area contributed by atoms with Crippen LogP contribution in [0.25, 0.3) is 0 Å². The largest absolute Gasteiger partial charge is 0.459 e. The molecule has 0 bridgehead atoms. The first-order valence-electron chi connectivity index (χ1n) is 11.2. The van der Waals surface area contributed by atoms with Gasteiger partial charge < -0.3 is 61.0 Å². The fourth-order valence-corrected chi connectivity index (χ4v) is 2.47. The van der Waals surface area contributed by atoms with Gasteiger partial charge in [-0.15, -0.1) is 0 Å². The molecule has 0 aromatic carbocycles. The summed E-state index contributed by atoms with van der Waals surface area (Å²) < 4.78 is 9.22. The van der Waals surface area contributed by atoms with Crippen molar-refractivity contribution in [1.82, 2.24) is 10.6 Å². The summed E-state index contributed by atoms with van der Waals surface area (Å²) in [6.45, 7) is 6.29. The van der Waals surface area contributed by atoms with Crippen LogP contribution in [0.4, 0.5) is 0 Å².